The highest BCUT2D eigenvalue weighted by atomic mass is 127. The van der Waals surface area contributed by atoms with Crippen LogP contribution in [-0.2, 0) is 9.53 Å². The molecule has 0 saturated heterocycles. The number of nitrogens with zero attached hydrogens (tertiary/aromatic N) is 1. The van der Waals surface area contributed by atoms with E-state index in [1.165, 1.54) is 12.1 Å². The third-order valence-electron chi connectivity index (χ3n) is 1.67. The molecule has 1 rings (SSSR count). The molecule has 1 aromatic rings. The Hall–Kier alpha value is -0.820. The predicted octanol–water partition coefficient (Wildman–Crippen LogP) is 1.14. The maximum Gasteiger partial charge on any atom is 0.326 e. The van der Waals surface area contributed by atoms with Gasteiger partial charge in [-0.2, -0.15) is 0 Å². The number of benzene rings is 1. The van der Waals surface area contributed by atoms with E-state index in [0.29, 0.717) is 0 Å². The lowest BCUT2D eigenvalue weighted by molar-refractivity contribution is -0.138. The van der Waals surface area contributed by atoms with Gasteiger partial charge in [0.15, 0.2) is 0 Å². The topological polar surface area (TPSA) is 55.6 Å². The number of carbonyl (C=O) groups is 1. The van der Waals surface area contributed by atoms with Crippen LogP contribution in [0.4, 0.5) is 5.69 Å². The van der Waals surface area contributed by atoms with Gasteiger partial charge in [-0.3, -0.25) is 9.80 Å². The van der Waals surface area contributed by atoms with Crippen LogP contribution in [0.2, 0.25) is 0 Å². The van der Waals surface area contributed by atoms with E-state index in [-0.39, 0.29) is 12.5 Å². The summed E-state index contributed by atoms with van der Waals surface area (Å²) in [5.74, 6) is 5.31. The normalized spacial score (nSPS) is 9.64. The van der Waals surface area contributed by atoms with Crippen molar-refractivity contribution in [2.75, 3.05) is 18.7 Å². The highest BCUT2D eigenvalue weighted by Gasteiger charge is 2.07. The summed E-state index contributed by atoms with van der Waals surface area (Å²) in [4.78, 5) is 10.9. The van der Waals surface area contributed by atoms with E-state index < -0.39 is 0 Å². The SMILES string of the molecule is COC(=O)CN(N)c1cccc(I)c1. The smallest absolute Gasteiger partial charge is 0.326 e. The number of methoxy groups -OCH3 is 1. The minimum Gasteiger partial charge on any atom is -0.468 e. The van der Waals surface area contributed by atoms with Gasteiger partial charge in [0.25, 0.3) is 0 Å². The van der Waals surface area contributed by atoms with Gasteiger partial charge in [0, 0.05) is 3.57 Å². The van der Waals surface area contributed by atoms with Gasteiger partial charge in [-0.15, -0.1) is 0 Å². The first kappa shape index (κ1) is 11.3. The number of halogens is 1. The highest BCUT2D eigenvalue weighted by Crippen LogP contribution is 2.14. The van der Waals surface area contributed by atoms with Crippen LogP contribution in [0.1, 0.15) is 0 Å². The van der Waals surface area contributed by atoms with Gasteiger partial charge in [-0.1, -0.05) is 6.07 Å². The average molecular weight is 306 g/mol. The number of nitrogens with two attached hydrogens (primary N) is 1. The summed E-state index contributed by atoms with van der Waals surface area (Å²) < 4.78 is 5.58. The first-order valence-electron chi connectivity index (χ1n) is 3.98. The lowest BCUT2D eigenvalue weighted by Crippen LogP contribution is -2.36. The van der Waals surface area contributed by atoms with Crippen LogP contribution >= 0.6 is 22.6 Å². The Kier molecular flexibility index (Phi) is 4.15. The quantitative estimate of drug-likeness (QED) is 0.394. The van der Waals surface area contributed by atoms with E-state index in [2.05, 4.69) is 27.3 Å². The number of hydrogen-bond donors (Lipinski definition) is 1. The van der Waals surface area contributed by atoms with Crippen molar-refractivity contribution >= 4 is 34.2 Å². The van der Waals surface area contributed by atoms with Crippen LogP contribution in [0.3, 0.4) is 0 Å². The number of esters is 1. The number of ether oxygens (including phenoxy) is 1. The molecule has 1 aromatic carbocycles. The van der Waals surface area contributed by atoms with Crippen molar-refractivity contribution in [3.8, 4) is 0 Å². The van der Waals surface area contributed by atoms with Crippen molar-refractivity contribution < 1.29 is 9.53 Å². The summed E-state index contributed by atoms with van der Waals surface area (Å²) in [6.07, 6.45) is 0. The van der Waals surface area contributed by atoms with E-state index in [1.807, 2.05) is 24.3 Å². The Labute approximate surface area is 96.1 Å². The van der Waals surface area contributed by atoms with Crippen molar-refractivity contribution in [1.29, 1.82) is 0 Å². The van der Waals surface area contributed by atoms with E-state index >= 15 is 0 Å². The zero-order chi connectivity index (χ0) is 10.6. The zero-order valence-corrected chi connectivity index (χ0v) is 9.89. The molecule has 76 valence electrons. The second-order valence-corrected chi connectivity index (χ2v) is 3.93. The van der Waals surface area contributed by atoms with E-state index in [9.17, 15) is 4.79 Å². The van der Waals surface area contributed by atoms with Gasteiger partial charge in [-0.05, 0) is 40.8 Å². The number of carbonyl (C=O) groups excluding carboxylic acids is 1. The third kappa shape index (κ3) is 3.15. The molecule has 0 amide bonds. The zero-order valence-electron chi connectivity index (χ0n) is 7.74. The molecule has 0 fully saturated rings. The Morgan fingerprint density at radius 2 is 2.36 bits per heavy atom. The molecule has 5 heteroatoms. The molecular weight excluding hydrogens is 295 g/mol. The minimum absolute atomic E-state index is 0.0522. The fraction of sp³-hybridized carbons (Fsp3) is 0.222. The van der Waals surface area contributed by atoms with Crippen LogP contribution in [0.15, 0.2) is 24.3 Å². The van der Waals surface area contributed by atoms with Crippen molar-refractivity contribution in [3.63, 3.8) is 0 Å². The molecule has 0 aromatic heterocycles. The van der Waals surface area contributed by atoms with Crippen LogP contribution in [0.25, 0.3) is 0 Å². The molecule has 0 atom stereocenters. The van der Waals surface area contributed by atoms with Crippen LogP contribution in [-0.4, -0.2) is 19.6 Å². The number of hydrazine groups is 1. The van der Waals surface area contributed by atoms with Gasteiger partial charge >= 0.3 is 5.97 Å². The summed E-state index contributed by atoms with van der Waals surface area (Å²) in [6, 6.07) is 7.57. The standard InChI is InChI=1S/C9H11IN2O2/c1-14-9(13)6-12(11)8-4-2-3-7(10)5-8/h2-5H,6,11H2,1H3. The van der Waals surface area contributed by atoms with Crippen LogP contribution in [0.5, 0.6) is 0 Å². The van der Waals surface area contributed by atoms with Crippen LogP contribution < -0.4 is 10.9 Å². The maximum absolute atomic E-state index is 10.9. The molecule has 0 spiro atoms. The molecule has 2 N–H and O–H groups in total. The van der Waals surface area contributed by atoms with Crippen molar-refractivity contribution in [1.82, 2.24) is 0 Å². The monoisotopic (exact) mass is 306 g/mol. The molecular formula is C9H11IN2O2. The summed E-state index contributed by atoms with van der Waals surface area (Å²) in [5.41, 5.74) is 0.794. The number of anilines is 1. The summed E-state index contributed by atoms with van der Waals surface area (Å²) in [5, 5.41) is 1.36. The molecule has 0 saturated carbocycles. The van der Waals surface area contributed by atoms with E-state index in [1.54, 1.807) is 0 Å². The predicted molar refractivity (Wildman–Crippen MR) is 62.7 cm³/mol. The van der Waals surface area contributed by atoms with Gasteiger partial charge < -0.3 is 4.74 Å². The average Bonchev–Trinajstić information content (AvgIpc) is 2.17. The molecule has 4 nitrogen and oxygen atoms in total. The highest BCUT2D eigenvalue weighted by molar-refractivity contribution is 14.1. The Morgan fingerprint density at radius 1 is 1.64 bits per heavy atom. The van der Waals surface area contributed by atoms with Gasteiger partial charge in [-0.25, -0.2) is 5.84 Å². The fourth-order valence-electron chi connectivity index (χ4n) is 0.950. The molecule has 0 bridgehead atoms. The molecule has 0 radical (unpaired) electrons. The van der Waals surface area contributed by atoms with E-state index in [4.69, 9.17) is 5.84 Å². The summed E-state index contributed by atoms with van der Waals surface area (Å²) in [6.45, 7) is 0.0522. The molecule has 14 heavy (non-hydrogen) atoms. The van der Waals surface area contributed by atoms with Gasteiger partial charge in [0.2, 0.25) is 0 Å². The Balaban J connectivity index is 2.69. The maximum atomic E-state index is 10.9. The lowest BCUT2D eigenvalue weighted by Gasteiger charge is -2.16. The first-order valence-corrected chi connectivity index (χ1v) is 5.06. The second-order valence-electron chi connectivity index (χ2n) is 2.68. The number of hydrogen-bond acceptors (Lipinski definition) is 4. The number of rotatable bonds is 3. The molecule has 0 aliphatic carbocycles. The van der Waals surface area contributed by atoms with E-state index in [0.717, 1.165) is 9.26 Å². The van der Waals surface area contributed by atoms with Crippen LogP contribution in [0, 0.1) is 3.57 Å². The summed E-state index contributed by atoms with van der Waals surface area (Å²) in [7, 11) is 1.34. The van der Waals surface area contributed by atoms with Gasteiger partial charge in [0.1, 0.15) is 6.54 Å². The lowest BCUT2D eigenvalue weighted by atomic mass is 10.3. The molecule has 0 aliphatic heterocycles. The molecule has 0 heterocycles. The third-order valence-corrected chi connectivity index (χ3v) is 2.34. The second kappa shape index (κ2) is 5.16. The molecule has 0 unspecified atom stereocenters. The Morgan fingerprint density at radius 3 is 2.93 bits per heavy atom. The Bertz CT molecular complexity index is 330. The fourth-order valence-corrected chi connectivity index (χ4v) is 1.48. The van der Waals surface area contributed by atoms with Crippen molar-refractivity contribution in [2.24, 2.45) is 5.84 Å². The first-order chi connectivity index (χ1) is 6.63. The minimum atomic E-state index is -0.355. The van der Waals surface area contributed by atoms with Crippen molar-refractivity contribution in [2.45, 2.75) is 0 Å². The van der Waals surface area contributed by atoms with Gasteiger partial charge in [0.05, 0.1) is 12.8 Å². The summed E-state index contributed by atoms with van der Waals surface area (Å²) >= 11 is 2.18. The van der Waals surface area contributed by atoms with Crippen molar-refractivity contribution in [3.05, 3.63) is 27.8 Å². The molecule has 0 aliphatic rings. The largest absolute Gasteiger partial charge is 0.468 e.